The highest BCUT2D eigenvalue weighted by atomic mass is 15.0. The molecule has 0 saturated carbocycles. The van der Waals surface area contributed by atoms with E-state index in [1.165, 1.54) is 11.1 Å². The van der Waals surface area contributed by atoms with Crippen LogP contribution in [-0.4, -0.2) is 13.7 Å². The van der Waals surface area contributed by atoms with Crippen LogP contribution in [-0.2, 0) is 10.8 Å². The molecule has 77 heavy (non-hydrogen) atoms. The maximum atomic E-state index is 9.25. The summed E-state index contributed by atoms with van der Waals surface area (Å²) < 4.78 is 51.2. The summed E-state index contributed by atoms with van der Waals surface area (Å²) in [4.78, 5) is 0. The minimum absolute atomic E-state index is 0.0213. The van der Waals surface area contributed by atoms with Gasteiger partial charge in [0.1, 0.15) is 0 Å². The van der Waals surface area contributed by atoms with Crippen molar-refractivity contribution in [1.29, 1.82) is 0 Å². The van der Waals surface area contributed by atoms with Crippen LogP contribution >= 0.6 is 0 Å². The predicted molar refractivity (Wildman–Crippen MR) is 329 cm³/mol. The van der Waals surface area contributed by atoms with Gasteiger partial charge in [0.15, 0.2) is 0 Å². The number of para-hydroxylation sites is 1. The molecule has 0 radical (unpaired) electrons. The number of hydrogen-bond donors (Lipinski definition) is 0. The predicted octanol–water partition coefficient (Wildman–Crippen LogP) is 20.2. The van der Waals surface area contributed by atoms with Crippen LogP contribution in [0.3, 0.4) is 0 Å². The van der Waals surface area contributed by atoms with Gasteiger partial charge >= 0.3 is 0 Å². The third kappa shape index (κ3) is 7.87. The van der Waals surface area contributed by atoms with Crippen molar-refractivity contribution < 1.29 is 6.85 Å². The molecule has 0 spiro atoms. The van der Waals surface area contributed by atoms with E-state index in [4.69, 9.17) is 4.11 Å². The van der Waals surface area contributed by atoms with Crippen LogP contribution in [0.2, 0.25) is 0 Å². The zero-order valence-electron chi connectivity index (χ0n) is 49.1. The van der Waals surface area contributed by atoms with Gasteiger partial charge in [-0.15, -0.1) is 0 Å². The van der Waals surface area contributed by atoms with Gasteiger partial charge < -0.3 is 13.7 Å². The van der Waals surface area contributed by atoms with Gasteiger partial charge in [-0.05, 0) is 176 Å². The standard InChI is InChI=1S/C74H59N3/c1-73(2,3)56-28-32-59(33-29-56)76-69-36-22-50(48-16-10-7-11-17-48)42-61(69)63-44-54(26-40-71(63)76)52-24-38-67-65(46-52)66-47-53(25-39-68(66)75(67)58-20-14-9-15-21-58)55-27-41-72-64(45-55)62-43-51(49-18-12-8-13-19-49)23-37-70(62)77(72)60-34-30-57(31-35-60)74(4,5)6/h7-47H,1-6H3/i9D,14D,15D,20D,21D. The molecule has 0 aliphatic carbocycles. The lowest BCUT2D eigenvalue weighted by Crippen LogP contribution is -2.10. The van der Waals surface area contributed by atoms with Gasteiger partial charge in [-0.3, -0.25) is 0 Å². The third-order valence-electron chi connectivity index (χ3n) is 15.9. The van der Waals surface area contributed by atoms with E-state index in [0.29, 0.717) is 0 Å². The molecule has 3 nitrogen and oxygen atoms in total. The second-order valence-corrected chi connectivity index (χ2v) is 22.7. The minimum Gasteiger partial charge on any atom is -0.309 e. The van der Waals surface area contributed by atoms with E-state index in [0.717, 1.165) is 121 Å². The van der Waals surface area contributed by atoms with Crippen molar-refractivity contribution >= 4 is 65.4 Å². The molecule has 14 rings (SSSR count). The van der Waals surface area contributed by atoms with Crippen molar-refractivity contribution in [2.24, 2.45) is 0 Å². The van der Waals surface area contributed by atoms with Crippen LogP contribution in [0.15, 0.2) is 249 Å². The molecular weight excluding hydrogens is 931 g/mol. The number of rotatable bonds is 7. The Hall–Kier alpha value is -9.18. The Labute approximate surface area is 457 Å². The van der Waals surface area contributed by atoms with Crippen LogP contribution in [0.1, 0.15) is 59.5 Å². The first-order valence-electron chi connectivity index (χ1n) is 29.2. The summed E-state index contributed by atoms with van der Waals surface area (Å²) in [5.74, 6) is 0. The molecule has 0 atom stereocenters. The summed E-state index contributed by atoms with van der Waals surface area (Å²) in [5, 5.41) is 6.36. The summed E-state index contributed by atoms with van der Waals surface area (Å²) in [6.07, 6.45) is 0. The van der Waals surface area contributed by atoms with E-state index >= 15 is 0 Å². The number of benzene rings is 11. The van der Waals surface area contributed by atoms with Crippen LogP contribution in [0.5, 0.6) is 0 Å². The number of nitrogens with zero attached hydrogens (tertiary/aromatic N) is 3. The molecule has 0 aliphatic rings. The highest BCUT2D eigenvalue weighted by Gasteiger charge is 2.21. The van der Waals surface area contributed by atoms with E-state index in [1.54, 1.807) is 0 Å². The summed E-state index contributed by atoms with van der Waals surface area (Å²) in [5.41, 5.74) is 19.5. The maximum absolute atomic E-state index is 9.25. The molecule has 0 aliphatic heterocycles. The molecule has 14 aromatic rings. The molecule has 0 saturated heterocycles. The quantitative estimate of drug-likeness (QED) is 0.151. The summed E-state index contributed by atoms with van der Waals surface area (Å²) in [6.45, 7) is 13.5. The highest BCUT2D eigenvalue weighted by molar-refractivity contribution is 6.15. The van der Waals surface area contributed by atoms with Crippen molar-refractivity contribution in [3.05, 3.63) is 260 Å². The van der Waals surface area contributed by atoms with Crippen molar-refractivity contribution in [3.63, 3.8) is 0 Å². The van der Waals surface area contributed by atoms with Crippen molar-refractivity contribution in [2.45, 2.75) is 52.4 Å². The Morgan fingerprint density at radius 2 is 0.519 bits per heavy atom. The number of fused-ring (bicyclic) bond motifs is 9. The number of aromatic nitrogens is 3. The average molecular weight is 995 g/mol. The van der Waals surface area contributed by atoms with Crippen molar-refractivity contribution in [2.75, 3.05) is 0 Å². The second kappa shape index (κ2) is 17.7. The smallest absolute Gasteiger partial charge is 0.0645 e. The van der Waals surface area contributed by atoms with Gasteiger partial charge in [0, 0.05) is 49.4 Å². The average Bonchev–Trinajstić information content (AvgIpc) is 4.33. The summed E-state index contributed by atoms with van der Waals surface area (Å²) in [6, 6.07) is 77.0. The molecule has 0 bridgehead atoms. The summed E-state index contributed by atoms with van der Waals surface area (Å²) >= 11 is 0. The van der Waals surface area contributed by atoms with E-state index in [9.17, 15) is 2.74 Å². The largest absolute Gasteiger partial charge is 0.309 e. The van der Waals surface area contributed by atoms with Gasteiger partial charge in [-0.2, -0.15) is 0 Å². The highest BCUT2D eigenvalue weighted by Crippen LogP contribution is 2.43. The molecule has 11 aromatic carbocycles. The van der Waals surface area contributed by atoms with Crippen LogP contribution in [0.25, 0.3) is 127 Å². The summed E-state index contributed by atoms with van der Waals surface area (Å²) in [7, 11) is 0. The first-order chi connectivity index (χ1) is 39.5. The Balaban J connectivity index is 0.973. The van der Waals surface area contributed by atoms with E-state index in [2.05, 4.69) is 257 Å². The minimum atomic E-state index is -0.423. The zero-order chi connectivity index (χ0) is 56.5. The van der Waals surface area contributed by atoms with Crippen LogP contribution in [0, 0.1) is 0 Å². The lowest BCUT2D eigenvalue weighted by molar-refractivity contribution is 0.590. The fourth-order valence-corrected chi connectivity index (χ4v) is 11.8. The van der Waals surface area contributed by atoms with Gasteiger partial charge in [0.2, 0.25) is 0 Å². The van der Waals surface area contributed by atoms with Crippen LogP contribution < -0.4 is 0 Å². The Kier molecular flexibility index (Phi) is 9.46. The van der Waals surface area contributed by atoms with Gasteiger partial charge in [-0.1, -0.05) is 181 Å². The van der Waals surface area contributed by atoms with Crippen molar-refractivity contribution in [1.82, 2.24) is 13.7 Å². The molecule has 0 N–H and O–H groups in total. The Morgan fingerprint density at radius 1 is 0.260 bits per heavy atom. The third-order valence-corrected chi connectivity index (χ3v) is 15.9. The molecule has 3 aromatic heterocycles. The molecule has 3 heteroatoms. The molecule has 0 unspecified atom stereocenters. The van der Waals surface area contributed by atoms with Gasteiger partial charge in [0.25, 0.3) is 0 Å². The fourth-order valence-electron chi connectivity index (χ4n) is 11.8. The van der Waals surface area contributed by atoms with E-state index in [-0.39, 0.29) is 40.7 Å². The van der Waals surface area contributed by atoms with E-state index < -0.39 is 6.04 Å². The lowest BCUT2D eigenvalue weighted by Gasteiger charge is -2.19. The lowest BCUT2D eigenvalue weighted by atomic mass is 9.87. The van der Waals surface area contributed by atoms with Crippen molar-refractivity contribution in [3.8, 4) is 61.6 Å². The Bertz CT molecular complexity index is 4590. The number of hydrogen-bond acceptors (Lipinski definition) is 0. The first-order valence-corrected chi connectivity index (χ1v) is 26.7. The zero-order valence-corrected chi connectivity index (χ0v) is 44.1. The second-order valence-electron chi connectivity index (χ2n) is 22.7. The van der Waals surface area contributed by atoms with Gasteiger partial charge in [0.05, 0.1) is 40.0 Å². The Morgan fingerprint density at radius 3 is 0.792 bits per heavy atom. The fraction of sp³-hybridized carbons (Fsp3) is 0.108. The van der Waals surface area contributed by atoms with Gasteiger partial charge in [-0.25, -0.2) is 0 Å². The SMILES string of the molecule is [2H]c1c([2H])c([2H])c(-n2c3ccc(-c4ccc5c(c4)c4cc(-c6ccccc6)ccc4n5-c4ccc(C(C)(C)C)cc4)cc3c3cc(-c4ccc5c(c4)c4cc(-c6ccccc6)ccc4n5-c4ccc(C(C)(C)C)cc4)ccc32)c([2H])c1[2H]. The first kappa shape index (κ1) is 41.1. The monoisotopic (exact) mass is 995 g/mol. The topological polar surface area (TPSA) is 14.8 Å². The maximum Gasteiger partial charge on any atom is 0.0645 e. The molecule has 370 valence electrons. The molecule has 0 fully saturated rings. The normalized spacial score (nSPS) is 13.2. The van der Waals surface area contributed by atoms with Crippen LogP contribution in [0.4, 0.5) is 0 Å². The van der Waals surface area contributed by atoms with E-state index in [1.807, 2.05) is 16.7 Å². The molecule has 3 heterocycles. The molecular formula is C74H59N3. The molecule has 0 amide bonds.